The highest BCUT2D eigenvalue weighted by atomic mass is 32.1. The molecule has 0 spiro atoms. The Morgan fingerprint density at radius 3 is 2.63 bits per heavy atom. The van der Waals surface area contributed by atoms with Gasteiger partial charge < -0.3 is 30.1 Å². The number of aliphatic hydroxyl groups excluding tert-OH is 2. The summed E-state index contributed by atoms with van der Waals surface area (Å²) in [6.45, 7) is 2.51. The Balaban J connectivity index is 1.35. The molecule has 9 heteroatoms. The molecule has 3 unspecified atom stereocenters. The molecule has 0 aliphatic heterocycles. The van der Waals surface area contributed by atoms with Crippen LogP contribution in [-0.4, -0.2) is 64.6 Å². The fourth-order valence-corrected chi connectivity index (χ4v) is 8.64. The molecule has 3 aliphatic rings. The Labute approximate surface area is 281 Å². The third kappa shape index (κ3) is 10.6. The number of ether oxygens (including phenoxy) is 2. The summed E-state index contributed by atoms with van der Waals surface area (Å²) >= 11 is 4.27. The first kappa shape index (κ1) is 37.0. The first-order valence-corrected chi connectivity index (χ1v) is 18.8. The van der Waals surface area contributed by atoms with E-state index in [9.17, 15) is 19.8 Å². The van der Waals surface area contributed by atoms with Crippen molar-refractivity contribution >= 4 is 24.5 Å². The zero-order valence-corrected chi connectivity index (χ0v) is 28.8. The van der Waals surface area contributed by atoms with Gasteiger partial charge in [0.25, 0.3) is 0 Å². The zero-order chi connectivity index (χ0) is 32.9. The maximum atomic E-state index is 13.2. The van der Waals surface area contributed by atoms with Crippen molar-refractivity contribution < 1.29 is 34.4 Å². The van der Waals surface area contributed by atoms with E-state index in [-0.39, 0.29) is 36.4 Å². The summed E-state index contributed by atoms with van der Waals surface area (Å²) in [6, 6.07) is 5.88. The van der Waals surface area contributed by atoms with Crippen LogP contribution in [0.15, 0.2) is 18.2 Å². The van der Waals surface area contributed by atoms with E-state index >= 15 is 0 Å². The number of carboxylic acids is 1. The number of hydrogen-bond acceptors (Lipinski definition) is 7. The van der Waals surface area contributed by atoms with Crippen LogP contribution in [0.1, 0.15) is 114 Å². The lowest BCUT2D eigenvalue weighted by atomic mass is 9.73. The van der Waals surface area contributed by atoms with Crippen LogP contribution < -0.4 is 10.1 Å². The maximum Gasteiger partial charge on any atom is 0.341 e. The number of thiol groups is 1. The van der Waals surface area contributed by atoms with Crippen LogP contribution in [0.3, 0.4) is 0 Å². The van der Waals surface area contributed by atoms with Crippen molar-refractivity contribution in [3.63, 3.8) is 0 Å². The maximum absolute atomic E-state index is 13.2. The number of hydrogen-bond donors (Lipinski definition) is 5. The molecule has 1 aromatic carbocycles. The number of fused-ring (bicyclic) bond motifs is 2. The minimum absolute atomic E-state index is 0.0540. The summed E-state index contributed by atoms with van der Waals surface area (Å²) in [7, 11) is 0. The van der Waals surface area contributed by atoms with Gasteiger partial charge in [0, 0.05) is 18.4 Å². The molecular formula is C37H59NO7S. The first-order chi connectivity index (χ1) is 22.3. The van der Waals surface area contributed by atoms with Crippen LogP contribution in [0, 0.1) is 29.6 Å². The van der Waals surface area contributed by atoms with Crippen molar-refractivity contribution in [3.8, 4) is 5.75 Å². The molecule has 1 aromatic rings. The van der Waals surface area contributed by atoms with Gasteiger partial charge in [0.2, 0.25) is 5.91 Å². The average Bonchev–Trinajstić information content (AvgIpc) is 3.36. The molecule has 0 heterocycles. The van der Waals surface area contributed by atoms with Gasteiger partial charge in [-0.3, -0.25) is 4.79 Å². The van der Waals surface area contributed by atoms with E-state index in [1.165, 1.54) is 5.56 Å². The van der Waals surface area contributed by atoms with Gasteiger partial charge in [0.15, 0.2) is 12.9 Å². The van der Waals surface area contributed by atoms with E-state index in [0.717, 1.165) is 120 Å². The molecule has 3 aliphatic carbocycles. The molecule has 4 N–H and O–H groups in total. The minimum atomic E-state index is -0.989. The molecule has 0 saturated heterocycles. The highest BCUT2D eigenvalue weighted by Gasteiger charge is 2.45. The van der Waals surface area contributed by atoms with Crippen molar-refractivity contribution in [3.05, 3.63) is 29.3 Å². The number of carbonyl (C=O) groups excluding carboxylic acids is 1. The molecule has 260 valence electrons. The van der Waals surface area contributed by atoms with Crippen molar-refractivity contribution in [2.45, 2.75) is 135 Å². The molecule has 8 nitrogen and oxygen atoms in total. The predicted molar refractivity (Wildman–Crippen MR) is 183 cm³/mol. The monoisotopic (exact) mass is 661 g/mol. The van der Waals surface area contributed by atoms with Crippen molar-refractivity contribution in [1.82, 2.24) is 5.32 Å². The van der Waals surface area contributed by atoms with E-state index in [1.54, 1.807) is 0 Å². The van der Waals surface area contributed by atoms with Crippen molar-refractivity contribution in [1.29, 1.82) is 0 Å². The van der Waals surface area contributed by atoms with Crippen LogP contribution in [-0.2, 0) is 27.2 Å². The van der Waals surface area contributed by atoms with Crippen LogP contribution in [0.5, 0.6) is 5.75 Å². The second-order valence-corrected chi connectivity index (χ2v) is 14.5. The predicted octanol–water partition coefficient (Wildman–Crippen LogP) is 6.34. The second kappa shape index (κ2) is 19.3. The van der Waals surface area contributed by atoms with E-state index in [1.807, 2.05) is 12.1 Å². The summed E-state index contributed by atoms with van der Waals surface area (Å²) in [5, 5.41) is 34.9. The van der Waals surface area contributed by atoms with Crippen LogP contribution in [0.4, 0.5) is 0 Å². The fourth-order valence-electron chi connectivity index (χ4n) is 8.42. The van der Waals surface area contributed by atoms with Gasteiger partial charge in [-0.1, -0.05) is 64.0 Å². The second-order valence-electron chi connectivity index (χ2n) is 14.1. The molecule has 1 amide bonds. The highest BCUT2D eigenvalue weighted by molar-refractivity contribution is 7.80. The summed E-state index contributed by atoms with van der Waals surface area (Å²) in [4.78, 5) is 24.3. The third-order valence-corrected chi connectivity index (χ3v) is 11.2. The lowest BCUT2D eigenvalue weighted by Gasteiger charge is -2.36. The zero-order valence-electron chi connectivity index (χ0n) is 27.9. The Hall–Kier alpha value is -1.81. The molecule has 2 fully saturated rings. The molecule has 8 atom stereocenters. The van der Waals surface area contributed by atoms with Crippen molar-refractivity contribution in [2.75, 3.05) is 18.9 Å². The number of rotatable bonds is 20. The SMILES string of the molecule is CCCCC[C@@H](CC[C@@H]1[C@H]2Cc3cccc(OCC(=O)O)c3C[C@H]2C[C@H]1O)OC(O)C1CCCCC1C(=O)NCCCCCCS. The molecule has 4 rings (SSSR count). The van der Waals surface area contributed by atoms with Crippen LogP contribution >= 0.6 is 12.6 Å². The van der Waals surface area contributed by atoms with Crippen LogP contribution in [0.25, 0.3) is 0 Å². The largest absolute Gasteiger partial charge is 0.482 e. The summed E-state index contributed by atoms with van der Waals surface area (Å²) in [5.41, 5.74) is 2.27. The minimum Gasteiger partial charge on any atom is -0.482 e. The summed E-state index contributed by atoms with van der Waals surface area (Å²) < 4.78 is 12.1. The third-order valence-electron chi connectivity index (χ3n) is 10.9. The molecule has 46 heavy (non-hydrogen) atoms. The van der Waals surface area contributed by atoms with Crippen molar-refractivity contribution in [2.24, 2.45) is 29.6 Å². The van der Waals surface area contributed by atoms with E-state index in [4.69, 9.17) is 14.6 Å². The molecular weight excluding hydrogens is 602 g/mol. The fraction of sp³-hybridized carbons (Fsp3) is 0.784. The number of aliphatic carboxylic acids is 1. The summed E-state index contributed by atoms with van der Waals surface area (Å²) in [6.07, 6.45) is 14.5. The molecule has 0 bridgehead atoms. The smallest absolute Gasteiger partial charge is 0.341 e. The molecule has 0 aromatic heterocycles. The lowest BCUT2D eigenvalue weighted by molar-refractivity contribution is -0.188. The van der Waals surface area contributed by atoms with Gasteiger partial charge in [-0.25, -0.2) is 4.79 Å². The molecule has 0 radical (unpaired) electrons. The lowest BCUT2D eigenvalue weighted by Crippen LogP contribution is -2.43. The van der Waals surface area contributed by atoms with Gasteiger partial charge in [-0.15, -0.1) is 0 Å². The number of unbranched alkanes of at least 4 members (excludes halogenated alkanes) is 5. The van der Waals surface area contributed by atoms with Crippen LogP contribution in [0.2, 0.25) is 0 Å². The number of amides is 1. The Kier molecular flexibility index (Phi) is 15.5. The average molecular weight is 662 g/mol. The Morgan fingerprint density at radius 2 is 1.85 bits per heavy atom. The number of carboxylic acid groups (broad SMARTS) is 1. The van der Waals surface area contributed by atoms with Gasteiger partial charge in [-0.05, 0) is 105 Å². The highest BCUT2D eigenvalue weighted by Crippen LogP contribution is 2.48. The quantitative estimate of drug-likeness (QED) is 0.0628. The van der Waals surface area contributed by atoms with Gasteiger partial charge in [-0.2, -0.15) is 12.6 Å². The van der Waals surface area contributed by atoms with Gasteiger partial charge >= 0.3 is 5.97 Å². The van der Waals surface area contributed by atoms with Gasteiger partial charge in [0.1, 0.15) is 5.75 Å². The Bertz CT molecular complexity index is 1090. The number of aliphatic hydroxyl groups is 2. The van der Waals surface area contributed by atoms with E-state index in [0.29, 0.717) is 24.1 Å². The first-order valence-electron chi connectivity index (χ1n) is 18.2. The topological polar surface area (TPSA) is 125 Å². The van der Waals surface area contributed by atoms with E-state index < -0.39 is 18.4 Å². The number of carbonyl (C=O) groups is 2. The molecule has 2 saturated carbocycles. The summed E-state index contributed by atoms with van der Waals surface area (Å²) in [5.74, 6) is 1.03. The number of nitrogens with one attached hydrogen (secondary N) is 1. The Morgan fingerprint density at radius 1 is 1.04 bits per heavy atom. The standard InChI is InChI=1S/C37H59NO7S/c1-2-3-6-13-27(45-37(43)30-15-8-7-14-29(30)36(42)38-19-9-4-5-10-20-46)17-18-28-31-21-25-12-11-16-34(44-24-35(40)41)32(25)22-26(31)23-33(28)39/h11-12,16,26-31,33,37,39,43,46H,2-10,13-15,17-24H2,1H3,(H,38,42)(H,40,41)/t26-,27-,28+,29?,30?,31-,33+,37?/m0/s1. The normalized spacial score (nSPS) is 27.0. The van der Waals surface area contributed by atoms with E-state index in [2.05, 4.69) is 30.9 Å². The van der Waals surface area contributed by atoms with Gasteiger partial charge in [0.05, 0.1) is 12.2 Å². The number of benzene rings is 1.